The fourth-order valence-corrected chi connectivity index (χ4v) is 1.32. The Balaban J connectivity index is 2.51. The first-order chi connectivity index (χ1) is 9.17. The summed E-state index contributed by atoms with van der Waals surface area (Å²) in [7, 11) is 0. The van der Waals surface area contributed by atoms with Crippen LogP contribution in [0.4, 0.5) is 10.5 Å². The molecule has 104 valence electrons. The molecule has 1 N–H and O–H groups in total. The van der Waals surface area contributed by atoms with Crippen molar-refractivity contribution in [1.29, 1.82) is 0 Å². The van der Waals surface area contributed by atoms with Gasteiger partial charge in [-0.2, -0.15) is 0 Å². The lowest BCUT2D eigenvalue weighted by Crippen LogP contribution is -2.14. The van der Waals surface area contributed by atoms with Crippen LogP contribution in [0, 0.1) is 0 Å². The first kappa shape index (κ1) is 15.0. The van der Waals surface area contributed by atoms with Crippen molar-refractivity contribution in [2.45, 2.75) is 26.7 Å². The number of carbonyl (C=O) groups is 2. The van der Waals surface area contributed by atoms with E-state index in [1.807, 2.05) is 13.8 Å². The molecule has 0 aliphatic heterocycles. The Morgan fingerprint density at radius 2 is 1.58 bits per heavy atom. The van der Waals surface area contributed by atoms with E-state index >= 15 is 0 Å². The number of hydrogen-bond acceptors (Lipinski definition) is 4. The highest BCUT2D eigenvalue weighted by Crippen LogP contribution is 2.11. The van der Waals surface area contributed by atoms with E-state index in [0.717, 1.165) is 12.8 Å². The van der Waals surface area contributed by atoms with Gasteiger partial charge in [0.1, 0.15) is 0 Å². The summed E-state index contributed by atoms with van der Waals surface area (Å²) < 4.78 is 9.88. The third-order valence-electron chi connectivity index (χ3n) is 2.24. The Morgan fingerprint density at radius 3 is 2.16 bits per heavy atom. The lowest BCUT2D eigenvalue weighted by atomic mass is 10.2. The Hall–Kier alpha value is -2.04. The highest BCUT2D eigenvalue weighted by Gasteiger charge is 2.07. The van der Waals surface area contributed by atoms with E-state index in [1.165, 1.54) is 0 Å². The predicted molar refractivity (Wildman–Crippen MR) is 72.3 cm³/mol. The number of esters is 1. The molecule has 0 saturated heterocycles. The maximum absolute atomic E-state index is 11.5. The molecule has 0 saturated carbocycles. The molecule has 0 atom stereocenters. The zero-order valence-electron chi connectivity index (χ0n) is 11.3. The van der Waals surface area contributed by atoms with Gasteiger partial charge < -0.3 is 9.47 Å². The van der Waals surface area contributed by atoms with Crippen LogP contribution in [0.1, 0.15) is 37.0 Å². The number of anilines is 1. The van der Waals surface area contributed by atoms with Gasteiger partial charge in [0.2, 0.25) is 0 Å². The average molecular weight is 265 g/mol. The van der Waals surface area contributed by atoms with Crippen LogP contribution in [0.25, 0.3) is 0 Å². The number of nitrogens with one attached hydrogen (secondary N) is 1. The molecule has 0 fully saturated rings. The van der Waals surface area contributed by atoms with Crippen molar-refractivity contribution in [3.63, 3.8) is 0 Å². The van der Waals surface area contributed by atoms with Crippen LogP contribution in [0.15, 0.2) is 24.3 Å². The Bertz CT molecular complexity index is 414. The molecular formula is C14H19NO4. The summed E-state index contributed by atoms with van der Waals surface area (Å²) >= 11 is 0. The van der Waals surface area contributed by atoms with E-state index < -0.39 is 6.09 Å². The molecule has 5 heteroatoms. The molecule has 1 rings (SSSR count). The highest BCUT2D eigenvalue weighted by molar-refractivity contribution is 5.91. The second-order valence-electron chi connectivity index (χ2n) is 3.97. The van der Waals surface area contributed by atoms with E-state index in [4.69, 9.17) is 9.47 Å². The normalized spacial score (nSPS) is 9.79. The predicted octanol–water partition coefficient (Wildman–Crippen LogP) is 3.21. The largest absolute Gasteiger partial charge is 0.462 e. The van der Waals surface area contributed by atoms with Gasteiger partial charge in [-0.05, 0) is 37.1 Å². The molecule has 0 spiro atoms. The molecule has 0 radical (unpaired) electrons. The van der Waals surface area contributed by atoms with Crippen LogP contribution in [-0.2, 0) is 9.47 Å². The molecule has 0 aromatic heterocycles. The summed E-state index contributed by atoms with van der Waals surface area (Å²) in [6.07, 6.45) is 1.06. The lowest BCUT2D eigenvalue weighted by molar-refractivity contribution is 0.0505. The first-order valence-electron chi connectivity index (χ1n) is 6.38. The molecule has 0 aliphatic rings. The number of benzene rings is 1. The third kappa shape index (κ3) is 5.42. The Morgan fingerprint density at radius 1 is 1.00 bits per heavy atom. The fraction of sp³-hybridized carbons (Fsp3) is 0.429. The van der Waals surface area contributed by atoms with Crippen LogP contribution in [0.3, 0.4) is 0 Å². The van der Waals surface area contributed by atoms with Crippen molar-refractivity contribution in [3.8, 4) is 0 Å². The summed E-state index contributed by atoms with van der Waals surface area (Å²) in [6.45, 7) is 4.64. The van der Waals surface area contributed by atoms with Gasteiger partial charge in [-0.15, -0.1) is 0 Å². The number of ether oxygens (including phenoxy) is 2. The summed E-state index contributed by atoms with van der Waals surface area (Å²) in [5.74, 6) is -0.359. The summed E-state index contributed by atoms with van der Waals surface area (Å²) in [5.41, 5.74) is 1.04. The van der Waals surface area contributed by atoms with Crippen molar-refractivity contribution < 1.29 is 19.1 Å². The van der Waals surface area contributed by atoms with E-state index in [9.17, 15) is 9.59 Å². The maximum atomic E-state index is 11.5. The van der Waals surface area contributed by atoms with Gasteiger partial charge in [0.15, 0.2) is 0 Å². The van der Waals surface area contributed by atoms with Crippen molar-refractivity contribution in [2.75, 3.05) is 18.5 Å². The van der Waals surface area contributed by atoms with Crippen molar-refractivity contribution in [3.05, 3.63) is 29.8 Å². The average Bonchev–Trinajstić information content (AvgIpc) is 2.43. The van der Waals surface area contributed by atoms with E-state index in [2.05, 4.69) is 5.32 Å². The molecule has 0 bridgehead atoms. The molecule has 1 aromatic rings. The molecule has 19 heavy (non-hydrogen) atoms. The lowest BCUT2D eigenvalue weighted by Gasteiger charge is -2.07. The number of rotatable bonds is 6. The van der Waals surface area contributed by atoms with E-state index in [0.29, 0.717) is 24.5 Å². The van der Waals surface area contributed by atoms with Crippen LogP contribution in [0.5, 0.6) is 0 Å². The molecule has 1 aromatic carbocycles. The quantitative estimate of drug-likeness (QED) is 0.802. The maximum Gasteiger partial charge on any atom is 0.411 e. The molecule has 0 heterocycles. The van der Waals surface area contributed by atoms with Gasteiger partial charge in [-0.1, -0.05) is 13.8 Å². The van der Waals surface area contributed by atoms with Crippen LogP contribution >= 0.6 is 0 Å². The summed E-state index contributed by atoms with van der Waals surface area (Å²) in [5, 5.41) is 2.57. The zero-order valence-corrected chi connectivity index (χ0v) is 11.3. The number of carbonyl (C=O) groups excluding carboxylic acids is 2. The monoisotopic (exact) mass is 265 g/mol. The standard InChI is InChI=1S/C14H19NO4/c1-3-9-18-13(16)11-5-7-12(8-6-11)15-14(17)19-10-4-2/h5-8H,3-4,9-10H2,1-2H3,(H,15,17). The second kappa shape index (κ2) is 8.13. The van der Waals surface area contributed by atoms with Crippen molar-refractivity contribution in [1.82, 2.24) is 0 Å². The molecular weight excluding hydrogens is 246 g/mol. The molecule has 0 aliphatic carbocycles. The van der Waals surface area contributed by atoms with Crippen LogP contribution < -0.4 is 5.32 Å². The molecule has 1 amide bonds. The van der Waals surface area contributed by atoms with Gasteiger partial charge in [0.05, 0.1) is 18.8 Å². The minimum atomic E-state index is -0.497. The minimum absolute atomic E-state index is 0.359. The zero-order chi connectivity index (χ0) is 14.1. The van der Waals surface area contributed by atoms with Crippen molar-refractivity contribution in [2.24, 2.45) is 0 Å². The van der Waals surface area contributed by atoms with Crippen LogP contribution in [0.2, 0.25) is 0 Å². The third-order valence-corrected chi connectivity index (χ3v) is 2.24. The van der Waals surface area contributed by atoms with Gasteiger partial charge >= 0.3 is 12.1 Å². The molecule has 5 nitrogen and oxygen atoms in total. The highest BCUT2D eigenvalue weighted by atomic mass is 16.5. The molecule has 0 unspecified atom stereocenters. The number of hydrogen-bond donors (Lipinski definition) is 1. The van der Waals surface area contributed by atoms with Gasteiger partial charge in [-0.25, -0.2) is 9.59 Å². The second-order valence-corrected chi connectivity index (χ2v) is 3.97. The van der Waals surface area contributed by atoms with E-state index in [1.54, 1.807) is 24.3 Å². The smallest absolute Gasteiger partial charge is 0.411 e. The van der Waals surface area contributed by atoms with Gasteiger partial charge in [-0.3, -0.25) is 5.32 Å². The van der Waals surface area contributed by atoms with Gasteiger partial charge in [0, 0.05) is 5.69 Å². The topological polar surface area (TPSA) is 64.6 Å². The Labute approximate surface area is 112 Å². The summed E-state index contributed by atoms with van der Waals surface area (Å²) in [4.78, 5) is 22.9. The first-order valence-corrected chi connectivity index (χ1v) is 6.38. The summed E-state index contributed by atoms with van der Waals surface area (Å²) in [6, 6.07) is 6.48. The van der Waals surface area contributed by atoms with Crippen molar-refractivity contribution >= 4 is 17.7 Å². The minimum Gasteiger partial charge on any atom is -0.462 e. The number of amides is 1. The SMILES string of the molecule is CCCOC(=O)Nc1ccc(C(=O)OCCC)cc1. The van der Waals surface area contributed by atoms with E-state index in [-0.39, 0.29) is 5.97 Å². The Kier molecular flexibility index (Phi) is 6.43. The van der Waals surface area contributed by atoms with Crippen LogP contribution in [-0.4, -0.2) is 25.3 Å². The van der Waals surface area contributed by atoms with Gasteiger partial charge in [0.25, 0.3) is 0 Å². The fourth-order valence-electron chi connectivity index (χ4n) is 1.32.